The Bertz CT molecular complexity index is 1240. The Morgan fingerprint density at radius 3 is 2.55 bits per heavy atom. The van der Waals surface area contributed by atoms with Crippen LogP contribution in [0.3, 0.4) is 0 Å². The summed E-state index contributed by atoms with van der Waals surface area (Å²) in [7, 11) is 0. The molecule has 4 rings (SSSR count). The number of amides is 1. The fraction of sp³-hybridized carbons (Fsp3) is 0.261. The molecule has 1 aromatic heterocycles. The smallest absolute Gasteiger partial charge is 0.378 e. The molecule has 1 aliphatic rings. The predicted molar refractivity (Wildman–Crippen MR) is 118 cm³/mol. The second-order valence-electron chi connectivity index (χ2n) is 7.73. The van der Waals surface area contributed by atoms with E-state index in [4.69, 9.17) is 11.6 Å². The summed E-state index contributed by atoms with van der Waals surface area (Å²) >= 11 is 6.20. The molecule has 1 saturated heterocycles. The molecule has 10 heteroatoms. The van der Waals surface area contributed by atoms with Gasteiger partial charge in [0.2, 0.25) is 5.91 Å². The molecule has 1 fully saturated rings. The molecule has 1 aliphatic heterocycles. The largest absolute Gasteiger partial charge is 0.416 e. The van der Waals surface area contributed by atoms with Gasteiger partial charge in [-0.1, -0.05) is 41.9 Å². The Kier molecular flexibility index (Phi) is 6.42. The highest BCUT2D eigenvalue weighted by Gasteiger charge is 2.30. The lowest BCUT2D eigenvalue weighted by molar-refractivity contribution is -0.137. The van der Waals surface area contributed by atoms with Crippen LogP contribution in [0.5, 0.6) is 0 Å². The number of alkyl halides is 3. The number of carbonyl (C=O) groups excluding carboxylic acids is 1. The van der Waals surface area contributed by atoms with Gasteiger partial charge in [0.15, 0.2) is 0 Å². The normalized spacial score (nSPS) is 14.1. The van der Waals surface area contributed by atoms with Gasteiger partial charge in [0.1, 0.15) is 5.02 Å². The lowest BCUT2D eigenvalue weighted by Crippen LogP contribution is -2.24. The van der Waals surface area contributed by atoms with Crippen LogP contribution in [0.4, 0.5) is 18.9 Å². The molecule has 3 aromatic rings. The molecule has 6 nitrogen and oxygen atoms in total. The molecule has 0 atom stereocenters. The summed E-state index contributed by atoms with van der Waals surface area (Å²) < 4.78 is 39.8. The van der Waals surface area contributed by atoms with Crippen LogP contribution in [-0.4, -0.2) is 27.1 Å². The van der Waals surface area contributed by atoms with Gasteiger partial charge in [-0.05, 0) is 35.7 Å². The van der Waals surface area contributed by atoms with Crippen molar-refractivity contribution in [2.24, 2.45) is 0 Å². The van der Waals surface area contributed by atoms with Crippen LogP contribution in [-0.2, 0) is 24.1 Å². The van der Waals surface area contributed by atoms with E-state index >= 15 is 0 Å². The number of halogens is 4. The van der Waals surface area contributed by atoms with Gasteiger partial charge in [0, 0.05) is 26.1 Å². The standard InChI is InChI=1S/C23H20ClF3N4O2/c24-21-19(13-29-31(22(21)33)18-7-2-6-17(11-18)23(25,26)27)28-12-15-4-1-5-16(10-15)14-30-9-3-8-20(30)32/h1-2,4-7,10-11,13,28H,3,8-9,12,14H2. The van der Waals surface area contributed by atoms with Gasteiger partial charge in [-0.2, -0.15) is 23.0 Å². The van der Waals surface area contributed by atoms with E-state index in [1.165, 1.54) is 18.3 Å². The van der Waals surface area contributed by atoms with Crippen LogP contribution in [0.15, 0.2) is 59.5 Å². The van der Waals surface area contributed by atoms with Gasteiger partial charge >= 0.3 is 6.18 Å². The number of nitrogens with one attached hydrogen (secondary N) is 1. The average molecular weight is 477 g/mol. The Balaban J connectivity index is 1.49. The van der Waals surface area contributed by atoms with Crippen LogP contribution < -0.4 is 10.9 Å². The minimum atomic E-state index is -4.54. The molecule has 1 amide bonds. The van der Waals surface area contributed by atoms with Crippen LogP contribution in [0.2, 0.25) is 5.02 Å². The minimum absolute atomic E-state index is 0.0348. The summed E-state index contributed by atoms with van der Waals surface area (Å²) in [6.07, 6.45) is -1.78. The molecule has 2 heterocycles. The maximum absolute atomic E-state index is 13.0. The topological polar surface area (TPSA) is 67.2 Å². The van der Waals surface area contributed by atoms with Gasteiger partial charge in [0.05, 0.1) is 23.1 Å². The van der Waals surface area contributed by atoms with E-state index < -0.39 is 17.3 Å². The average Bonchev–Trinajstić information content (AvgIpc) is 3.19. The van der Waals surface area contributed by atoms with Crippen molar-refractivity contribution in [2.75, 3.05) is 11.9 Å². The van der Waals surface area contributed by atoms with Crippen LogP contribution in [0.1, 0.15) is 29.5 Å². The van der Waals surface area contributed by atoms with E-state index in [9.17, 15) is 22.8 Å². The Morgan fingerprint density at radius 2 is 1.82 bits per heavy atom. The first-order valence-corrected chi connectivity index (χ1v) is 10.6. The van der Waals surface area contributed by atoms with Crippen molar-refractivity contribution < 1.29 is 18.0 Å². The number of anilines is 1. The maximum Gasteiger partial charge on any atom is 0.416 e. The fourth-order valence-corrected chi connectivity index (χ4v) is 3.88. The predicted octanol–water partition coefficient (Wildman–Crippen LogP) is 4.64. The van der Waals surface area contributed by atoms with Crippen molar-refractivity contribution in [3.63, 3.8) is 0 Å². The zero-order valence-corrected chi connectivity index (χ0v) is 18.2. The van der Waals surface area contributed by atoms with E-state index in [2.05, 4.69) is 10.4 Å². The summed E-state index contributed by atoms with van der Waals surface area (Å²) in [5, 5.41) is 6.85. The van der Waals surface area contributed by atoms with Crippen molar-refractivity contribution in [3.8, 4) is 5.69 Å². The Morgan fingerprint density at radius 1 is 1.06 bits per heavy atom. The van der Waals surface area contributed by atoms with E-state index in [0.29, 0.717) is 19.5 Å². The molecule has 172 valence electrons. The molecule has 0 radical (unpaired) electrons. The van der Waals surface area contributed by atoms with Gasteiger partial charge in [-0.25, -0.2) is 0 Å². The highest BCUT2D eigenvalue weighted by molar-refractivity contribution is 6.32. The molecule has 1 N–H and O–H groups in total. The SMILES string of the molecule is O=C1CCCN1Cc1cccc(CNc2cnn(-c3cccc(C(F)(F)F)c3)c(=O)c2Cl)c1. The van der Waals surface area contributed by atoms with Crippen molar-refractivity contribution in [2.45, 2.75) is 32.1 Å². The lowest BCUT2D eigenvalue weighted by atomic mass is 10.1. The lowest BCUT2D eigenvalue weighted by Gasteiger charge is -2.16. The third-order valence-corrected chi connectivity index (χ3v) is 5.72. The molecular weight excluding hydrogens is 457 g/mol. The number of hydrogen-bond acceptors (Lipinski definition) is 4. The summed E-state index contributed by atoms with van der Waals surface area (Å²) in [5.41, 5.74) is 0.522. The number of likely N-dealkylation sites (tertiary alicyclic amines) is 1. The molecule has 0 bridgehead atoms. The quantitative estimate of drug-likeness (QED) is 0.563. The van der Waals surface area contributed by atoms with Crippen LogP contribution >= 0.6 is 11.6 Å². The third kappa shape index (κ3) is 5.19. The molecular formula is C23H20ClF3N4O2. The van der Waals surface area contributed by atoms with Gasteiger partial charge in [0.25, 0.3) is 5.56 Å². The molecule has 2 aromatic carbocycles. The highest BCUT2D eigenvalue weighted by atomic mass is 35.5. The Hall–Kier alpha value is -3.33. The van der Waals surface area contributed by atoms with Crippen LogP contribution in [0, 0.1) is 0 Å². The number of aromatic nitrogens is 2. The fourth-order valence-electron chi connectivity index (χ4n) is 3.68. The molecule has 0 aliphatic carbocycles. The van der Waals surface area contributed by atoms with E-state index in [1.54, 1.807) is 0 Å². The zero-order chi connectivity index (χ0) is 23.6. The first kappa shape index (κ1) is 22.8. The maximum atomic E-state index is 13.0. The first-order valence-electron chi connectivity index (χ1n) is 10.3. The molecule has 0 unspecified atom stereocenters. The van der Waals surface area contributed by atoms with Gasteiger partial charge < -0.3 is 10.2 Å². The van der Waals surface area contributed by atoms with Crippen molar-refractivity contribution in [3.05, 3.63) is 86.8 Å². The van der Waals surface area contributed by atoms with Gasteiger partial charge in [-0.15, -0.1) is 0 Å². The van der Waals surface area contributed by atoms with Gasteiger partial charge in [-0.3, -0.25) is 9.59 Å². The first-order chi connectivity index (χ1) is 15.7. The highest BCUT2D eigenvalue weighted by Crippen LogP contribution is 2.30. The third-order valence-electron chi connectivity index (χ3n) is 5.36. The number of hydrogen-bond donors (Lipinski definition) is 1. The molecule has 33 heavy (non-hydrogen) atoms. The number of carbonyl (C=O) groups is 1. The van der Waals surface area contributed by atoms with Crippen molar-refractivity contribution in [1.82, 2.24) is 14.7 Å². The minimum Gasteiger partial charge on any atom is -0.378 e. The monoisotopic (exact) mass is 476 g/mol. The number of benzene rings is 2. The second kappa shape index (κ2) is 9.27. The summed E-state index contributed by atoms with van der Waals surface area (Å²) in [4.78, 5) is 26.3. The van der Waals surface area contributed by atoms with E-state index in [0.717, 1.165) is 40.9 Å². The van der Waals surface area contributed by atoms with Crippen molar-refractivity contribution >= 4 is 23.2 Å². The summed E-state index contributed by atoms with van der Waals surface area (Å²) in [5.74, 6) is 0.151. The van der Waals surface area contributed by atoms with E-state index in [-0.39, 0.29) is 22.3 Å². The zero-order valence-electron chi connectivity index (χ0n) is 17.4. The number of rotatable bonds is 6. The molecule has 0 spiro atoms. The Labute approximate surface area is 192 Å². The number of nitrogens with zero attached hydrogens (tertiary/aromatic N) is 3. The summed E-state index contributed by atoms with van der Waals surface area (Å²) in [6.45, 7) is 1.64. The molecule has 0 saturated carbocycles. The van der Waals surface area contributed by atoms with Crippen molar-refractivity contribution in [1.29, 1.82) is 0 Å². The van der Waals surface area contributed by atoms with E-state index in [1.807, 2.05) is 29.2 Å². The summed E-state index contributed by atoms with van der Waals surface area (Å²) in [6, 6.07) is 12.0. The van der Waals surface area contributed by atoms with Crippen LogP contribution in [0.25, 0.3) is 5.69 Å². The second-order valence-corrected chi connectivity index (χ2v) is 8.11.